The van der Waals surface area contributed by atoms with Gasteiger partial charge in [-0.15, -0.1) is 11.6 Å². The van der Waals surface area contributed by atoms with E-state index >= 15 is 0 Å². The zero-order valence-corrected chi connectivity index (χ0v) is 12.6. The number of nitrogens with zero attached hydrogens (tertiary/aromatic N) is 2. The maximum Gasteiger partial charge on any atom is 0.125 e. The monoisotopic (exact) mass is 304 g/mol. The van der Waals surface area contributed by atoms with Gasteiger partial charge in [0.15, 0.2) is 0 Å². The van der Waals surface area contributed by atoms with E-state index in [1.54, 1.807) is 0 Å². The quantitative estimate of drug-likeness (QED) is 0.636. The van der Waals surface area contributed by atoms with Crippen molar-refractivity contribution in [1.29, 1.82) is 0 Å². The molecular formula is C16H14Cl2N2. The van der Waals surface area contributed by atoms with Crippen LogP contribution in [-0.4, -0.2) is 9.55 Å². The highest BCUT2D eigenvalue weighted by molar-refractivity contribution is 6.31. The van der Waals surface area contributed by atoms with Crippen LogP contribution < -0.4 is 0 Å². The van der Waals surface area contributed by atoms with E-state index in [0.29, 0.717) is 10.9 Å². The summed E-state index contributed by atoms with van der Waals surface area (Å²) in [5.74, 6) is 1.25. The number of rotatable bonds is 3. The van der Waals surface area contributed by atoms with Gasteiger partial charge in [0.05, 0.1) is 16.9 Å². The maximum absolute atomic E-state index is 6.09. The van der Waals surface area contributed by atoms with E-state index in [1.807, 2.05) is 18.2 Å². The molecule has 0 aliphatic rings. The van der Waals surface area contributed by atoms with Crippen LogP contribution in [0.3, 0.4) is 0 Å². The highest BCUT2D eigenvalue weighted by Crippen LogP contribution is 2.23. The van der Waals surface area contributed by atoms with Gasteiger partial charge in [-0.05, 0) is 30.7 Å². The Kier molecular flexibility index (Phi) is 3.68. The van der Waals surface area contributed by atoms with Crippen LogP contribution in [-0.2, 0) is 12.4 Å². The van der Waals surface area contributed by atoms with Crippen molar-refractivity contribution in [3.63, 3.8) is 0 Å². The van der Waals surface area contributed by atoms with Crippen LogP contribution in [0.5, 0.6) is 0 Å². The van der Waals surface area contributed by atoms with Crippen molar-refractivity contribution in [1.82, 2.24) is 9.55 Å². The van der Waals surface area contributed by atoms with E-state index in [4.69, 9.17) is 23.2 Å². The van der Waals surface area contributed by atoms with Crippen molar-refractivity contribution in [2.24, 2.45) is 0 Å². The molecule has 0 spiro atoms. The second kappa shape index (κ2) is 5.47. The number of halogens is 2. The summed E-state index contributed by atoms with van der Waals surface area (Å²) in [5.41, 5.74) is 4.43. The molecule has 0 bridgehead atoms. The Bertz CT molecular complexity index is 745. The summed E-state index contributed by atoms with van der Waals surface area (Å²) >= 11 is 12.1. The fourth-order valence-electron chi connectivity index (χ4n) is 2.30. The molecule has 0 saturated heterocycles. The minimum Gasteiger partial charge on any atom is -0.322 e. The van der Waals surface area contributed by atoms with Gasteiger partial charge in [0, 0.05) is 11.6 Å². The molecular weight excluding hydrogens is 291 g/mol. The van der Waals surface area contributed by atoms with Crippen molar-refractivity contribution >= 4 is 34.2 Å². The SMILES string of the molecule is Cc1ccc(Cn2c(CCl)nc3ccc(Cl)cc32)cc1. The summed E-state index contributed by atoms with van der Waals surface area (Å²) in [6, 6.07) is 14.2. The number of aromatic nitrogens is 2. The molecule has 2 nitrogen and oxygen atoms in total. The third kappa shape index (κ3) is 2.54. The molecule has 0 fully saturated rings. The third-order valence-electron chi connectivity index (χ3n) is 3.37. The Hall–Kier alpha value is -1.51. The van der Waals surface area contributed by atoms with Gasteiger partial charge >= 0.3 is 0 Å². The molecule has 1 aromatic heterocycles. The van der Waals surface area contributed by atoms with Crippen molar-refractivity contribution in [2.45, 2.75) is 19.3 Å². The molecule has 3 aromatic rings. The number of imidazole rings is 1. The molecule has 20 heavy (non-hydrogen) atoms. The first-order valence-corrected chi connectivity index (χ1v) is 7.35. The number of alkyl halides is 1. The molecule has 0 aliphatic carbocycles. The van der Waals surface area contributed by atoms with Gasteiger partial charge in [-0.25, -0.2) is 4.98 Å². The fourth-order valence-corrected chi connectivity index (χ4v) is 2.67. The molecule has 1 heterocycles. The highest BCUT2D eigenvalue weighted by Gasteiger charge is 2.10. The fraction of sp³-hybridized carbons (Fsp3) is 0.188. The first-order valence-electron chi connectivity index (χ1n) is 6.43. The molecule has 102 valence electrons. The standard InChI is InChI=1S/C16H14Cl2N2/c1-11-2-4-12(5-3-11)10-20-15-8-13(18)6-7-14(15)19-16(20)9-17/h2-8H,9-10H2,1H3. The first-order chi connectivity index (χ1) is 9.67. The van der Waals surface area contributed by atoms with E-state index in [0.717, 1.165) is 23.4 Å². The van der Waals surface area contributed by atoms with Crippen LogP contribution >= 0.6 is 23.2 Å². The topological polar surface area (TPSA) is 17.8 Å². The average Bonchev–Trinajstić information content (AvgIpc) is 2.79. The summed E-state index contributed by atoms with van der Waals surface area (Å²) in [7, 11) is 0. The molecule has 0 radical (unpaired) electrons. The summed E-state index contributed by atoms with van der Waals surface area (Å²) in [4.78, 5) is 4.56. The number of hydrogen-bond donors (Lipinski definition) is 0. The zero-order valence-electron chi connectivity index (χ0n) is 11.1. The molecule has 0 unspecified atom stereocenters. The normalized spacial score (nSPS) is 11.2. The third-order valence-corrected chi connectivity index (χ3v) is 3.84. The van der Waals surface area contributed by atoms with E-state index in [9.17, 15) is 0 Å². The van der Waals surface area contributed by atoms with Gasteiger partial charge in [-0.1, -0.05) is 41.4 Å². The van der Waals surface area contributed by atoms with Gasteiger partial charge in [0.25, 0.3) is 0 Å². The van der Waals surface area contributed by atoms with E-state index in [1.165, 1.54) is 11.1 Å². The second-order valence-electron chi connectivity index (χ2n) is 4.87. The molecule has 0 aliphatic heterocycles. The second-order valence-corrected chi connectivity index (χ2v) is 5.57. The summed E-state index contributed by atoms with van der Waals surface area (Å²) in [6.07, 6.45) is 0. The van der Waals surface area contributed by atoms with Crippen LogP contribution in [0.15, 0.2) is 42.5 Å². The zero-order chi connectivity index (χ0) is 14.1. The number of aryl methyl sites for hydroxylation is 1. The largest absolute Gasteiger partial charge is 0.322 e. The summed E-state index contributed by atoms with van der Waals surface area (Å²) < 4.78 is 2.12. The molecule has 0 N–H and O–H groups in total. The van der Waals surface area contributed by atoms with Gasteiger partial charge in [-0.2, -0.15) is 0 Å². The van der Waals surface area contributed by atoms with Crippen molar-refractivity contribution in [2.75, 3.05) is 0 Å². The Balaban J connectivity index is 2.08. The van der Waals surface area contributed by atoms with Crippen LogP contribution in [0.2, 0.25) is 5.02 Å². The number of fused-ring (bicyclic) bond motifs is 1. The molecule has 3 rings (SSSR count). The van der Waals surface area contributed by atoms with Crippen LogP contribution in [0.1, 0.15) is 17.0 Å². The molecule has 4 heteroatoms. The minimum atomic E-state index is 0.387. The van der Waals surface area contributed by atoms with Crippen LogP contribution in [0.25, 0.3) is 11.0 Å². The minimum absolute atomic E-state index is 0.387. The summed E-state index contributed by atoms with van der Waals surface area (Å²) in [5, 5.41) is 0.712. The Morgan fingerprint density at radius 2 is 1.85 bits per heavy atom. The molecule has 0 atom stereocenters. The lowest BCUT2D eigenvalue weighted by atomic mass is 10.1. The van der Waals surface area contributed by atoms with Gasteiger partial charge in [0.2, 0.25) is 0 Å². The number of benzene rings is 2. The van der Waals surface area contributed by atoms with Gasteiger partial charge in [0.1, 0.15) is 5.82 Å². The smallest absolute Gasteiger partial charge is 0.125 e. The average molecular weight is 305 g/mol. The predicted molar refractivity (Wildman–Crippen MR) is 84.6 cm³/mol. The van der Waals surface area contributed by atoms with E-state index < -0.39 is 0 Å². The maximum atomic E-state index is 6.09. The van der Waals surface area contributed by atoms with Crippen LogP contribution in [0.4, 0.5) is 0 Å². The van der Waals surface area contributed by atoms with Gasteiger partial charge < -0.3 is 4.57 Å². The first kappa shape index (κ1) is 13.5. The molecule has 0 amide bonds. The Labute approximate surface area is 128 Å². The molecule has 2 aromatic carbocycles. The van der Waals surface area contributed by atoms with E-state index in [2.05, 4.69) is 40.7 Å². The lowest BCUT2D eigenvalue weighted by molar-refractivity contribution is 0.778. The lowest BCUT2D eigenvalue weighted by Gasteiger charge is -2.08. The van der Waals surface area contributed by atoms with Gasteiger partial charge in [-0.3, -0.25) is 0 Å². The molecule has 0 saturated carbocycles. The number of hydrogen-bond acceptors (Lipinski definition) is 1. The Morgan fingerprint density at radius 3 is 2.55 bits per heavy atom. The van der Waals surface area contributed by atoms with Crippen LogP contribution in [0, 0.1) is 6.92 Å². The van der Waals surface area contributed by atoms with Crippen molar-refractivity contribution < 1.29 is 0 Å². The van der Waals surface area contributed by atoms with Crippen molar-refractivity contribution in [3.8, 4) is 0 Å². The summed E-state index contributed by atoms with van der Waals surface area (Å²) in [6.45, 7) is 2.83. The highest BCUT2D eigenvalue weighted by atomic mass is 35.5. The Morgan fingerprint density at radius 1 is 1.10 bits per heavy atom. The van der Waals surface area contributed by atoms with Crippen molar-refractivity contribution in [3.05, 3.63) is 64.4 Å². The van der Waals surface area contributed by atoms with E-state index in [-0.39, 0.29) is 0 Å². The predicted octanol–water partition coefficient (Wildman–Crippen LogP) is 4.79. The lowest BCUT2D eigenvalue weighted by Crippen LogP contribution is -2.03.